The maximum Gasteiger partial charge on any atom is 0.416 e. The number of nitrogens with one attached hydrogen (secondary N) is 1. The molecule has 0 aliphatic rings. The number of amides is 1. The third kappa shape index (κ3) is 4.35. The maximum atomic E-state index is 12.9. The first-order chi connectivity index (χ1) is 10.7. The Balaban J connectivity index is 2.29. The van der Waals surface area contributed by atoms with E-state index in [0.29, 0.717) is 14.9 Å². The number of carbonyl (C=O) groups excluding carboxylic acids is 1. The number of hydrogen-bond donors (Lipinski definition) is 1. The summed E-state index contributed by atoms with van der Waals surface area (Å²) in [5, 5.41) is 4.60. The van der Waals surface area contributed by atoms with E-state index in [9.17, 15) is 18.0 Å². The van der Waals surface area contributed by atoms with Gasteiger partial charge in [0.2, 0.25) is 0 Å². The number of rotatable bonds is 4. The third-order valence-corrected chi connectivity index (χ3v) is 5.19. The lowest BCUT2D eigenvalue weighted by molar-refractivity contribution is -0.137. The van der Waals surface area contributed by atoms with Crippen molar-refractivity contribution in [1.29, 1.82) is 0 Å². The summed E-state index contributed by atoms with van der Waals surface area (Å²) in [5.41, 5.74) is -0.275. The molecule has 0 radical (unpaired) electrons. The molecule has 0 saturated heterocycles. The van der Waals surface area contributed by atoms with Gasteiger partial charge in [0, 0.05) is 4.47 Å². The third-order valence-electron chi connectivity index (χ3n) is 3.35. The normalized spacial score (nSPS) is 13.2. The van der Waals surface area contributed by atoms with Gasteiger partial charge in [-0.1, -0.05) is 26.0 Å². The molecular formula is C16H15BrF3NOS. The molecule has 1 unspecified atom stereocenters. The van der Waals surface area contributed by atoms with Crippen LogP contribution in [-0.4, -0.2) is 5.91 Å². The maximum absolute atomic E-state index is 12.9. The molecule has 0 bridgehead atoms. The lowest BCUT2D eigenvalue weighted by atomic mass is 9.94. The van der Waals surface area contributed by atoms with Crippen LogP contribution in [0.25, 0.3) is 0 Å². The van der Waals surface area contributed by atoms with Gasteiger partial charge in [0.25, 0.3) is 5.91 Å². The molecule has 2 aromatic rings. The van der Waals surface area contributed by atoms with Crippen molar-refractivity contribution in [2.75, 3.05) is 0 Å². The second kappa shape index (κ2) is 7.05. The molecule has 2 nitrogen and oxygen atoms in total. The summed E-state index contributed by atoms with van der Waals surface area (Å²) in [6, 6.07) is 6.34. The van der Waals surface area contributed by atoms with Gasteiger partial charge in [0.15, 0.2) is 0 Å². The van der Waals surface area contributed by atoms with Gasteiger partial charge >= 0.3 is 6.18 Å². The van der Waals surface area contributed by atoms with Crippen molar-refractivity contribution in [2.45, 2.75) is 26.1 Å². The monoisotopic (exact) mass is 405 g/mol. The van der Waals surface area contributed by atoms with E-state index in [1.54, 1.807) is 17.5 Å². The topological polar surface area (TPSA) is 29.1 Å². The Kier molecular flexibility index (Phi) is 5.52. The van der Waals surface area contributed by atoms with E-state index < -0.39 is 17.8 Å². The minimum atomic E-state index is -4.40. The summed E-state index contributed by atoms with van der Waals surface area (Å²) >= 11 is 4.56. The van der Waals surface area contributed by atoms with Gasteiger partial charge in [-0.15, -0.1) is 11.3 Å². The SMILES string of the molecule is CC(C)C(NC(=O)c1sccc1Br)c1cccc(C(F)(F)F)c1. The van der Waals surface area contributed by atoms with E-state index in [4.69, 9.17) is 0 Å². The van der Waals surface area contributed by atoms with Gasteiger partial charge in [0.1, 0.15) is 4.88 Å². The Bertz CT molecular complexity index is 697. The lowest BCUT2D eigenvalue weighted by Gasteiger charge is -2.23. The summed E-state index contributed by atoms with van der Waals surface area (Å²) in [6.45, 7) is 3.71. The van der Waals surface area contributed by atoms with Crippen LogP contribution in [0, 0.1) is 5.92 Å². The Morgan fingerprint density at radius 3 is 2.48 bits per heavy atom. The number of alkyl halides is 3. The van der Waals surface area contributed by atoms with Gasteiger partial charge in [-0.3, -0.25) is 4.79 Å². The quantitative estimate of drug-likeness (QED) is 0.698. The molecule has 0 aliphatic heterocycles. The van der Waals surface area contributed by atoms with E-state index in [2.05, 4.69) is 21.2 Å². The molecule has 1 atom stereocenters. The first kappa shape index (κ1) is 18.0. The van der Waals surface area contributed by atoms with Crippen LogP contribution in [-0.2, 0) is 6.18 Å². The molecule has 0 aliphatic carbocycles. The molecule has 23 heavy (non-hydrogen) atoms. The van der Waals surface area contributed by atoms with Gasteiger partial charge in [0.05, 0.1) is 11.6 Å². The Hall–Kier alpha value is -1.34. The van der Waals surface area contributed by atoms with Gasteiger partial charge in [-0.25, -0.2) is 0 Å². The second-order valence-electron chi connectivity index (χ2n) is 5.42. The highest BCUT2D eigenvalue weighted by Crippen LogP contribution is 2.32. The van der Waals surface area contributed by atoms with Gasteiger partial charge < -0.3 is 5.32 Å². The predicted octanol–water partition coefficient (Wildman–Crippen LogP) is 5.66. The van der Waals surface area contributed by atoms with Crippen molar-refractivity contribution in [1.82, 2.24) is 5.32 Å². The van der Waals surface area contributed by atoms with Crippen LogP contribution in [0.4, 0.5) is 13.2 Å². The highest BCUT2D eigenvalue weighted by atomic mass is 79.9. The molecule has 2 rings (SSSR count). The van der Waals surface area contributed by atoms with E-state index in [0.717, 1.165) is 12.1 Å². The molecule has 1 N–H and O–H groups in total. The minimum absolute atomic E-state index is 0.0545. The molecule has 1 heterocycles. The Morgan fingerprint density at radius 1 is 1.26 bits per heavy atom. The summed E-state index contributed by atoms with van der Waals surface area (Å²) in [4.78, 5) is 12.8. The highest BCUT2D eigenvalue weighted by Gasteiger charge is 2.31. The van der Waals surface area contributed by atoms with Crippen LogP contribution in [0.1, 0.15) is 40.7 Å². The fourth-order valence-electron chi connectivity index (χ4n) is 2.21. The van der Waals surface area contributed by atoms with E-state index in [1.807, 2.05) is 13.8 Å². The molecule has 0 saturated carbocycles. The summed E-state index contributed by atoms with van der Waals surface area (Å²) in [5.74, 6) is -0.357. The van der Waals surface area contributed by atoms with Crippen molar-refractivity contribution >= 4 is 33.2 Å². The predicted molar refractivity (Wildman–Crippen MR) is 88.5 cm³/mol. The molecular weight excluding hydrogens is 391 g/mol. The average Bonchev–Trinajstić information content (AvgIpc) is 2.89. The smallest absolute Gasteiger partial charge is 0.344 e. The number of benzene rings is 1. The Labute approximate surface area is 144 Å². The van der Waals surface area contributed by atoms with E-state index >= 15 is 0 Å². The highest BCUT2D eigenvalue weighted by molar-refractivity contribution is 9.10. The molecule has 124 valence electrons. The van der Waals surface area contributed by atoms with Crippen molar-refractivity contribution in [3.05, 3.63) is 56.2 Å². The first-order valence-corrected chi connectivity index (χ1v) is 8.58. The zero-order valence-corrected chi connectivity index (χ0v) is 14.8. The molecule has 1 amide bonds. The second-order valence-corrected chi connectivity index (χ2v) is 7.19. The number of halogens is 4. The molecule has 7 heteroatoms. The molecule has 1 aromatic carbocycles. The van der Waals surface area contributed by atoms with Crippen LogP contribution in [0.5, 0.6) is 0 Å². The van der Waals surface area contributed by atoms with Crippen molar-refractivity contribution in [3.63, 3.8) is 0 Å². The molecule has 0 spiro atoms. The van der Waals surface area contributed by atoms with E-state index in [1.165, 1.54) is 17.4 Å². The zero-order valence-electron chi connectivity index (χ0n) is 12.4. The number of hydrogen-bond acceptors (Lipinski definition) is 2. The van der Waals surface area contributed by atoms with Crippen LogP contribution in [0.2, 0.25) is 0 Å². The standard InChI is InChI=1S/C16H15BrF3NOS/c1-9(2)13(21-15(22)14-12(17)6-7-23-14)10-4-3-5-11(8-10)16(18,19)20/h3-9,13H,1-2H3,(H,21,22). The van der Waals surface area contributed by atoms with Crippen LogP contribution >= 0.6 is 27.3 Å². The first-order valence-electron chi connectivity index (χ1n) is 6.91. The van der Waals surface area contributed by atoms with E-state index in [-0.39, 0.29) is 11.8 Å². The van der Waals surface area contributed by atoms with Gasteiger partial charge in [-0.05, 0) is 51.0 Å². The molecule has 1 aromatic heterocycles. The fourth-order valence-corrected chi connectivity index (χ4v) is 3.66. The van der Waals surface area contributed by atoms with Crippen molar-refractivity contribution in [3.8, 4) is 0 Å². The summed E-state index contributed by atoms with van der Waals surface area (Å²) in [7, 11) is 0. The van der Waals surface area contributed by atoms with Crippen LogP contribution in [0.15, 0.2) is 40.2 Å². The Morgan fingerprint density at radius 2 is 1.96 bits per heavy atom. The minimum Gasteiger partial charge on any atom is -0.344 e. The van der Waals surface area contributed by atoms with Crippen molar-refractivity contribution in [2.24, 2.45) is 5.92 Å². The average molecular weight is 406 g/mol. The summed E-state index contributed by atoms with van der Waals surface area (Å²) < 4.78 is 39.3. The fraction of sp³-hybridized carbons (Fsp3) is 0.312. The number of thiophene rings is 1. The van der Waals surface area contributed by atoms with Crippen molar-refractivity contribution < 1.29 is 18.0 Å². The largest absolute Gasteiger partial charge is 0.416 e. The van der Waals surface area contributed by atoms with Crippen LogP contribution in [0.3, 0.4) is 0 Å². The zero-order chi connectivity index (χ0) is 17.2. The van der Waals surface area contributed by atoms with Crippen LogP contribution < -0.4 is 5.32 Å². The summed E-state index contributed by atoms with van der Waals surface area (Å²) in [6.07, 6.45) is -4.40. The molecule has 0 fully saturated rings. The number of carbonyl (C=O) groups is 1. The van der Waals surface area contributed by atoms with Gasteiger partial charge in [-0.2, -0.15) is 13.2 Å². The lowest BCUT2D eigenvalue weighted by Crippen LogP contribution is -2.31.